The van der Waals surface area contributed by atoms with Crippen LogP contribution in [0.1, 0.15) is 50.7 Å². The van der Waals surface area contributed by atoms with E-state index in [0.717, 1.165) is 72.4 Å². The molecule has 222 valence electrons. The monoisotopic (exact) mass is 601 g/mol. The minimum atomic E-state index is -3.26. The highest BCUT2D eigenvalue weighted by Gasteiger charge is 2.36. The lowest BCUT2D eigenvalue weighted by Crippen LogP contribution is -2.41. The van der Waals surface area contributed by atoms with Gasteiger partial charge < -0.3 is 19.5 Å². The highest BCUT2D eigenvalue weighted by molar-refractivity contribution is 7.91. The predicted octanol–water partition coefficient (Wildman–Crippen LogP) is 3.66. The topological polar surface area (TPSA) is 118 Å². The molecule has 3 fully saturated rings. The number of fused-ring (bicyclic) bond motifs is 1. The van der Waals surface area contributed by atoms with Crippen LogP contribution in [-0.2, 0) is 26.9 Å². The SMILES string of the molecule is COc1ncc(-c2nc(N3CCOCC3)nc3c(CN4CCC(C(C)(C)O)CC4)csc23)cc1CS(=O)(=O)C1CC1. The molecule has 1 aliphatic carbocycles. The van der Waals surface area contributed by atoms with E-state index in [4.69, 9.17) is 19.4 Å². The number of methoxy groups -OCH3 is 1. The third-order valence-electron chi connectivity index (χ3n) is 8.53. The van der Waals surface area contributed by atoms with Gasteiger partial charge in [-0.1, -0.05) is 0 Å². The first-order valence-electron chi connectivity index (χ1n) is 14.4. The first-order chi connectivity index (χ1) is 19.6. The molecule has 6 rings (SSSR count). The molecule has 0 bridgehead atoms. The zero-order chi connectivity index (χ0) is 28.8. The summed E-state index contributed by atoms with van der Waals surface area (Å²) in [4.78, 5) is 19.2. The number of hydrogen-bond acceptors (Lipinski definition) is 11. The van der Waals surface area contributed by atoms with Gasteiger partial charge in [0, 0.05) is 42.5 Å². The molecule has 10 nitrogen and oxygen atoms in total. The van der Waals surface area contributed by atoms with E-state index >= 15 is 0 Å². The van der Waals surface area contributed by atoms with Gasteiger partial charge in [0.1, 0.15) is 0 Å². The van der Waals surface area contributed by atoms with Crippen LogP contribution < -0.4 is 9.64 Å². The molecule has 5 heterocycles. The molecule has 1 saturated carbocycles. The van der Waals surface area contributed by atoms with Crippen molar-refractivity contribution in [1.82, 2.24) is 19.9 Å². The van der Waals surface area contributed by atoms with Gasteiger partial charge in [0.15, 0.2) is 9.84 Å². The fraction of sp³-hybridized carbons (Fsp3) is 0.621. The van der Waals surface area contributed by atoms with Crippen molar-refractivity contribution in [3.05, 3.63) is 28.8 Å². The average molecular weight is 602 g/mol. The van der Waals surface area contributed by atoms with E-state index in [-0.39, 0.29) is 11.0 Å². The van der Waals surface area contributed by atoms with E-state index in [1.165, 1.54) is 7.11 Å². The Bertz CT molecular complexity index is 1500. The number of nitrogens with zero attached hydrogens (tertiary/aromatic N) is 5. The minimum Gasteiger partial charge on any atom is -0.481 e. The minimum absolute atomic E-state index is 0.0947. The number of piperidine rings is 1. The fourth-order valence-corrected chi connectivity index (χ4v) is 8.62. The van der Waals surface area contributed by atoms with Gasteiger partial charge in [0.05, 0.1) is 52.8 Å². The zero-order valence-electron chi connectivity index (χ0n) is 24.0. The molecule has 2 saturated heterocycles. The van der Waals surface area contributed by atoms with Crippen LogP contribution >= 0.6 is 11.3 Å². The van der Waals surface area contributed by atoms with Crippen molar-refractivity contribution in [2.75, 3.05) is 51.4 Å². The van der Waals surface area contributed by atoms with E-state index in [2.05, 4.69) is 20.2 Å². The number of sulfone groups is 1. The number of anilines is 1. The van der Waals surface area contributed by atoms with Crippen LogP contribution in [0.5, 0.6) is 5.88 Å². The van der Waals surface area contributed by atoms with E-state index in [1.807, 2.05) is 19.9 Å². The van der Waals surface area contributed by atoms with Gasteiger partial charge in [-0.05, 0) is 70.0 Å². The maximum Gasteiger partial charge on any atom is 0.226 e. The van der Waals surface area contributed by atoms with Crippen molar-refractivity contribution in [3.63, 3.8) is 0 Å². The Morgan fingerprint density at radius 2 is 1.83 bits per heavy atom. The predicted molar refractivity (Wildman–Crippen MR) is 160 cm³/mol. The van der Waals surface area contributed by atoms with Gasteiger partial charge in [-0.25, -0.2) is 23.4 Å². The molecule has 41 heavy (non-hydrogen) atoms. The summed E-state index contributed by atoms with van der Waals surface area (Å²) in [5.74, 6) is 1.19. The lowest BCUT2D eigenvalue weighted by Gasteiger charge is -2.37. The molecule has 0 spiro atoms. The van der Waals surface area contributed by atoms with Gasteiger partial charge in [-0.15, -0.1) is 11.3 Å². The molecule has 3 aromatic heterocycles. The number of hydrogen-bond donors (Lipinski definition) is 1. The molecule has 0 radical (unpaired) electrons. The summed E-state index contributed by atoms with van der Waals surface area (Å²) >= 11 is 1.62. The standard InChI is InChI=1S/C29H39N5O5S2/c1-29(2,35)22-6-8-33(9-7-22)16-21-17-40-26-24(31-28(32-25(21)26)34-10-12-39-13-11-34)19-14-20(27(38-3)30-15-19)18-41(36,37)23-4-5-23/h14-15,17,22-23,35H,4-13,16,18H2,1-3H3. The van der Waals surface area contributed by atoms with Crippen LogP contribution in [0.4, 0.5) is 5.95 Å². The van der Waals surface area contributed by atoms with Crippen molar-refractivity contribution in [3.8, 4) is 17.1 Å². The Labute approximate surface area is 245 Å². The van der Waals surface area contributed by atoms with Crippen LogP contribution in [0.15, 0.2) is 17.6 Å². The largest absolute Gasteiger partial charge is 0.481 e. The third kappa shape index (κ3) is 6.22. The summed E-state index contributed by atoms with van der Waals surface area (Å²) in [6, 6.07) is 1.87. The summed E-state index contributed by atoms with van der Waals surface area (Å²) in [5, 5.41) is 12.4. The maximum atomic E-state index is 12.9. The quantitative estimate of drug-likeness (QED) is 0.389. The number of ether oxygens (including phenoxy) is 2. The van der Waals surface area contributed by atoms with E-state index in [1.54, 1.807) is 17.5 Å². The lowest BCUT2D eigenvalue weighted by atomic mass is 9.83. The number of pyridine rings is 1. The number of thiophene rings is 1. The Morgan fingerprint density at radius 1 is 1.10 bits per heavy atom. The number of likely N-dealkylation sites (tertiary alicyclic amines) is 1. The summed E-state index contributed by atoms with van der Waals surface area (Å²) in [6.07, 6.45) is 5.10. The fourth-order valence-electron chi connectivity index (χ4n) is 5.88. The molecule has 12 heteroatoms. The molecule has 2 aliphatic heterocycles. The van der Waals surface area contributed by atoms with Gasteiger partial charge >= 0.3 is 0 Å². The van der Waals surface area contributed by atoms with Gasteiger partial charge in [-0.3, -0.25) is 4.90 Å². The molecule has 0 atom stereocenters. The normalized spacial score (nSPS) is 19.7. The van der Waals surface area contributed by atoms with Crippen molar-refractivity contribution in [2.24, 2.45) is 5.92 Å². The summed E-state index contributed by atoms with van der Waals surface area (Å²) < 4.78 is 37.7. The highest BCUT2D eigenvalue weighted by Crippen LogP contribution is 2.38. The average Bonchev–Trinajstić information content (AvgIpc) is 3.76. The van der Waals surface area contributed by atoms with Crippen LogP contribution in [0.25, 0.3) is 21.5 Å². The second kappa shape index (κ2) is 11.4. The van der Waals surface area contributed by atoms with Crippen LogP contribution in [0.3, 0.4) is 0 Å². The smallest absolute Gasteiger partial charge is 0.226 e. The number of aliphatic hydroxyl groups is 1. The first-order valence-corrected chi connectivity index (χ1v) is 17.0. The van der Waals surface area contributed by atoms with Gasteiger partial charge in [-0.2, -0.15) is 0 Å². The molecule has 3 aliphatic rings. The van der Waals surface area contributed by atoms with Crippen LogP contribution in [0, 0.1) is 5.92 Å². The van der Waals surface area contributed by atoms with Crippen LogP contribution in [-0.4, -0.2) is 90.7 Å². The van der Waals surface area contributed by atoms with Gasteiger partial charge in [0.25, 0.3) is 0 Å². The maximum absolute atomic E-state index is 12.9. The Hall–Kier alpha value is -2.38. The zero-order valence-corrected chi connectivity index (χ0v) is 25.6. The molecule has 0 unspecified atom stereocenters. The van der Waals surface area contributed by atoms with Crippen molar-refractivity contribution in [1.29, 1.82) is 0 Å². The number of rotatable bonds is 9. The van der Waals surface area contributed by atoms with E-state index < -0.39 is 15.4 Å². The number of morpholine rings is 1. The molecule has 0 aromatic carbocycles. The molecular formula is C29H39N5O5S2. The van der Waals surface area contributed by atoms with Crippen LogP contribution in [0.2, 0.25) is 0 Å². The Morgan fingerprint density at radius 3 is 2.49 bits per heavy atom. The van der Waals surface area contributed by atoms with Crippen molar-refractivity contribution in [2.45, 2.75) is 62.7 Å². The molecule has 1 N–H and O–H groups in total. The summed E-state index contributed by atoms with van der Waals surface area (Å²) in [6.45, 7) is 9.12. The van der Waals surface area contributed by atoms with E-state index in [9.17, 15) is 13.5 Å². The lowest BCUT2D eigenvalue weighted by molar-refractivity contribution is -0.0135. The number of aromatic nitrogens is 3. The Kier molecular flexibility index (Phi) is 7.96. The summed E-state index contributed by atoms with van der Waals surface area (Å²) in [7, 11) is -1.74. The Balaban J connectivity index is 1.36. The third-order valence-corrected chi connectivity index (χ3v) is 11.8. The van der Waals surface area contributed by atoms with E-state index in [0.29, 0.717) is 49.6 Å². The van der Waals surface area contributed by atoms with Crippen molar-refractivity contribution >= 4 is 37.3 Å². The molecule has 0 amide bonds. The molecule has 3 aromatic rings. The molecular weight excluding hydrogens is 562 g/mol. The second-order valence-electron chi connectivity index (χ2n) is 12.0. The highest BCUT2D eigenvalue weighted by atomic mass is 32.2. The first kappa shape index (κ1) is 28.7. The summed E-state index contributed by atoms with van der Waals surface area (Å²) in [5.41, 5.74) is 3.50. The van der Waals surface area contributed by atoms with Gasteiger partial charge in [0.2, 0.25) is 11.8 Å². The van der Waals surface area contributed by atoms with Crippen molar-refractivity contribution < 1.29 is 23.0 Å². The second-order valence-corrected chi connectivity index (χ2v) is 15.2.